The first-order chi connectivity index (χ1) is 18.5. The smallest absolute Gasteiger partial charge is 0.269 e. The highest BCUT2D eigenvalue weighted by Gasteiger charge is 2.36. The quantitative estimate of drug-likeness (QED) is 0.162. The van der Waals surface area contributed by atoms with Gasteiger partial charge in [0.2, 0.25) is 5.91 Å². The molecular weight excluding hydrogens is 480 g/mol. The fourth-order valence-corrected chi connectivity index (χ4v) is 4.42. The second kappa shape index (κ2) is 11.0. The van der Waals surface area contributed by atoms with E-state index in [0.717, 1.165) is 35.2 Å². The number of anilines is 1. The van der Waals surface area contributed by atoms with E-state index in [1.54, 1.807) is 18.6 Å². The summed E-state index contributed by atoms with van der Waals surface area (Å²) < 4.78 is 0. The molecule has 9 nitrogen and oxygen atoms in total. The number of hydrogen-bond donors (Lipinski definition) is 3. The molecule has 0 spiro atoms. The zero-order valence-electron chi connectivity index (χ0n) is 20.5. The van der Waals surface area contributed by atoms with E-state index < -0.39 is 10.8 Å². The van der Waals surface area contributed by atoms with Gasteiger partial charge in [-0.15, -0.1) is 0 Å². The molecule has 0 saturated carbocycles. The van der Waals surface area contributed by atoms with Gasteiger partial charge in [-0.3, -0.25) is 19.9 Å². The van der Waals surface area contributed by atoms with Gasteiger partial charge in [0, 0.05) is 23.4 Å². The lowest BCUT2D eigenvalue weighted by Gasteiger charge is -2.14. The predicted octanol–water partition coefficient (Wildman–Crippen LogP) is 5.24. The minimum Gasteiger partial charge on any atom is -0.345 e. The SMILES string of the molecule is NCCCc1ccc(C(=Nc2ccc(C=Cc3cnc[nH]3)cc2)C2C(=O)Nc3ccc([N+](=O)[O-])cc32)cc1. The lowest BCUT2D eigenvalue weighted by Crippen LogP contribution is -2.22. The first kappa shape index (κ1) is 24.8. The highest BCUT2D eigenvalue weighted by Crippen LogP contribution is 2.38. The molecule has 0 bridgehead atoms. The number of fused-ring (bicyclic) bond motifs is 1. The Hall–Kier alpha value is -4.89. The molecule has 1 atom stereocenters. The maximum absolute atomic E-state index is 13.2. The van der Waals surface area contributed by atoms with Crippen LogP contribution in [0.5, 0.6) is 0 Å². The van der Waals surface area contributed by atoms with Crippen molar-refractivity contribution in [1.29, 1.82) is 0 Å². The minimum absolute atomic E-state index is 0.0739. The Bertz CT molecular complexity index is 1510. The second-order valence-corrected chi connectivity index (χ2v) is 8.97. The van der Waals surface area contributed by atoms with Gasteiger partial charge < -0.3 is 16.0 Å². The molecular formula is C29H26N6O3. The summed E-state index contributed by atoms with van der Waals surface area (Å²) in [5.74, 6) is -1.06. The summed E-state index contributed by atoms with van der Waals surface area (Å²) in [5.41, 5.74) is 11.6. The predicted molar refractivity (Wildman–Crippen MR) is 148 cm³/mol. The zero-order valence-corrected chi connectivity index (χ0v) is 20.5. The van der Waals surface area contributed by atoms with Crippen LogP contribution in [0.2, 0.25) is 0 Å². The van der Waals surface area contributed by atoms with Crippen molar-refractivity contribution in [1.82, 2.24) is 9.97 Å². The number of aromatic amines is 1. The van der Waals surface area contributed by atoms with Crippen LogP contribution in [-0.4, -0.2) is 33.1 Å². The fourth-order valence-electron chi connectivity index (χ4n) is 4.42. The Labute approximate surface area is 219 Å². The molecule has 0 saturated heterocycles. The molecule has 190 valence electrons. The zero-order chi connectivity index (χ0) is 26.5. The standard InChI is InChI=1S/C29H26N6O3/c30-15-1-2-19-3-8-21(9-4-19)28(27-25-16-24(35(37)38)13-14-26(25)34-29(27)36)33-22-10-5-20(6-11-22)7-12-23-17-31-18-32-23/h3-14,16-18,27H,1-2,15,30H2,(H,31,32)(H,34,36). The molecule has 1 amide bonds. The normalized spacial score (nSPS) is 15.0. The molecule has 4 N–H and O–H groups in total. The highest BCUT2D eigenvalue weighted by molar-refractivity contribution is 6.24. The van der Waals surface area contributed by atoms with Crippen molar-refractivity contribution < 1.29 is 9.72 Å². The number of amides is 1. The van der Waals surface area contributed by atoms with E-state index in [4.69, 9.17) is 10.7 Å². The number of benzene rings is 3. The number of non-ortho nitro benzene ring substituents is 1. The largest absolute Gasteiger partial charge is 0.345 e. The van der Waals surface area contributed by atoms with Crippen molar-refractivity contribution in [2.75, 3.05) is 11.9 Å². The summed E-state index contributed by atoms with van der Waals surface area (Å²) in [5, 5.41) is 14.3. The van der Waals surface area contributed by atoms with Gasteiger partial charge in [-0.1, -0.05) is 42.5 Å². The van der Waals surface area contributed by atoms with Crippen molar-refractivity contribution in [2.24, 2.45) is 10.7 Å². The van der Waals surface area contributed by atoms with E-state index in [-0.39, 0.29) is 11.6 Å². The number of hydrogen-bond acceptors (Lipinski definition) is 6. The topological polar surface area (TPSA) is 139 Å². The van der Waals surface area contributed by atoms with Gasteiger partial charge in [0.1, 0.15) is 5.92 Å². The number of nitrogens with two attached hydrogens (primary N) is 1. The molecule has 1 unspecified atom stereocenters. The van der Waals surface area contributed by atoms with E-state index >= 15 is 0 Å². The van der Waals surface area contributed by atoms with Crippen LogP contribution in [0.3, 0.4) is 0 Å². The van der Waals surface area contributed by atoms with Crippen LogP contribution < -0.4 is 11.1 Å². The van der Waals surface area contributed by atoms with Crippen LogP contribution in [0.15, 0.2) is 84.2 Å². The van der Waals surface area contributed by atoms with E-state index in [1.165, 1.54) is 12.1 Å². The van der Waals surface area contributed by atoms with Gasteiger partial charge in [0.25, 0.3) is 5.69 Å². The monoisotopic (exact) mass is 506 g/mol. The van der Waals surface area contributed by atoms with Gasteiger partial charge in [0.15, 0.2) is 0 Å². The molecule has 0 aliphatic carbocycles. The Morgan fingerprint density at radius 2 is 1.87 bits per heavy atom. The summed E-state index contributed by atoms with van der Waals surface area (Å²) in [4.78, 5) is 36.1. The van der Waals surface area contributed by atoms with Gasteiger partial charge in [-0.25, -0.2) is 4.98 Å². The van der Waals surface area contributed by atoms with Gasteiger partial charge in [-0.05, 0) is 60.4 Å². The number of carbonyl (C=O) groups excluding carboxylic acids is 1. The number of nitrogens with zero attached hydrogens (tertiary/aromatic N) is 3. The number of rotatable bonds is 9. The number of nitro groups is 1. The van der Waals surface area contributed by atoms with Crippen molar-refractivity contribution in [3.8, 4) is 0 Å². The third kappa shape index (κ3) is 5.42. The third-order valence-electron chi connectivity index (χ3n) is 6.39. The Morgan fingerprint density at radius 3 is 2.55 bits per heavy atom. The van der Waals surface area contributed by atoms with Crippen molar-refractivity contribution in [3.63, 3.8) is 0 Å². The third-order valence-corrected chi connectivity index (χ3v) is 6.39. The number of imidazole rings is 1. The number of H-pyrrole nitrogens is 1. The van der Waals surface area contributed by atoms with Crippen LogP contribution >= 0.6 is 0 Å². The molecule has 1 aromatic heterocycles. The first-order valence-electron chi connectivity index (χ1n) is 12.3. The van der Waals surface area contributed by atoms with Crippen LogP contribution in [0.4, 0.5) is 17.1 Å². The molecule has 5 rings (SSSR count). The van der Waals surface area contributed by atoms with Crippen molar-refractivity contribution in [2.45, 2.75) is 18.8 Å². The van der Waals surface area contributed by atoms with E-state index in [1.807, 2.05) is 60.7 Å². The molecule has 4 aromatic rings. The van der Waals surface area contributed by atoms with E-state index in [9.17, 15) is 14.9 Å². The molecule has 3 aromatic carbocycles. The fraction of sp³-hybridized carbons (Fsp3) is 0.138. The molecule has 0 radical (unpaired) electrons. The summed E-state index contributed by atoms with van der Waals surface area (Å²) in [7, 11) is 0. The summed E-state index contributed by atoms with van der Waals surface area (Å²) in [6.45, 7) is 0.610. The van der Waals surface area contributed by atoms with Crippen molar-refractivity contribution in [3.05, 3.63) is 117 Å². The van der Waals surface area contributed by atoms with Gasteiger partial charge >= 0.3 is 0 Å². The number of nitro benzene ring substituents is 1. The average molecular weight is 507 g/mol. The molecule has 1 aliphatic heterocycles. The van der Waals surface area contributed by atoms with Gasteiger partial charge in [0.05, 0.1) is 34.5 Å². The summed E-state index contributed by atoms with van der Waals surface area (Å²) >= 11 is 0. The average Bonchev–Trinajstić information content (AvgIpc) is 3.57. The van der Waals surface area contributed by atoms with Crippen LogP contribution in [0, 0.1) is 10.1 Å². The Kier molecular flexibility index (Phi) is 7.19. The summed E-state index contributed by atoms with van der Waals surface area (Å²) in [6, 6.07) is 19.9. The molecule has 2 heterocycles. The Morgan fingerprint density at radius 1 is 1.08 bits per heavy atom. The second-order valence-electron chi connectivity index (χ2n) is 8.97. The Balaban J connectivity index is 1.53. The first-order valence-corrected chi connectivity index (χ1v) is 12.3. The lowest BCUT2D eigenvalue weighted by atomic mass is 9.89. The maximum atomic E-state index is 13.2. The van der Waals surface area contributed by atoms with Crippen LogP contribution in [-0.2, 0) is 11.2 Å². The van der Waals surface area contributed by atoms with Crippen molar-refractivity contribution >= 4 is 40.8 Å². The van der Waals surface area contributed by atoms with E-state index in [2.05, 4.69) is 15.3 Å². The van der Waals surface area contributed by atoms with Gasteiger partial charge in [-0.2, -0.15) is 0 Å². The summed E-state index contributed by atoms with van der Waals surface area (Å²) in [6.07, 6.45) is 8.98. The molecule has 38 heavy (non-hydrogen) atoms. The number of aromatic nitrogens is 2. The molecule has 0 fully saturated rings. The van der Waals surface area contributed by atoms with E-state index in [0.29, 0.717) is 29.2 Å². The lowest BCUT2D eigenvalue weighted by molar-refractivity contribution is -0.384. The molecule has 9 heteroatoms. The number of carbonyl (C=O) groups is 1. The van der Waals surface area contributed by atoms with Crippen LogP contribution in [0.1, 0.15) is 40.3 Å². The number of nitrogens with one attached hydrogen (secondary N) is 2. The van der Waals surface area contributed by atoms with Crippen LogP contribution in [0.25, 0.3) is 12.2 Å². The number of aryl methyl sites for hydroxylation is 1. The molecule has 1 aliphatic rings. The number of aliphatic imine (C=N–C) groups is 1. The maximum Gasteiger partial charge on any atom is 0.269 e. The minimum atomic E-state index is -0.792. The highest BCUT2D eigenvalue weighted by atomic mass is 16.6.